The van der Waals surface area contributed by atoms with Crippen molar-refractivity contribution in [3.8, 4) is 0 Å². The van der Waals surface area contributed by atoms with E-state index >= 15 is 0 Å². The fourth-order valence-electron chi connectivity index (χ4n) is 3.35. The molecule has 4 rings (SSSR count). The monoisotopic (exact) mass is 437 g/mol. The van der Waals surface area contributed by atoms with Crippen LogP contribution in [0.15, 0.2) is 93.2 Å². The number of aryl methyl sites for hydroxylation is 1. The SMILES string of the molecule is Cc1ccc2occ(CN(Cc3ccccc3)S(=O)(=O)c3ccc(F)cc3)c(=O)c2c1. The molecule has 1 heterocycles. The van der Waals surface area contributed by atoms with Crippen LogP contribution in [0.1, 0.15) is 16.7 Å². The molecule has 0 amide bonds. The molecule has 0 atom stereocenters. The van der Waals surface area contributed by atoms with Crippen LogP contribution in [0.4, 0.5) is 4.39 Å². The van der Waals surface area contributed by atoms with E-state index in [-0.39, 0.29) is 29.0 Å². The second-order valence-corrected chi connectivity index (χ2v) is 9.24. The first kappa shape index (κ1) is 21.0. The van der Waals surface area contributed by atoms with Crippen LogP contribution in [0.25, 0.3) is 11.0 Å². The summed E-state index contributed by atoms with van der Waals surface area (Å²) in [7, 11) is -4.01. The zero-order chi connectivity index (χ0) is 22.0. The maximum atomic E-state index is 13.4. The number of rotatable bonds is 6. The van der Waals surface area contributed by atoms with E-state index in [2.05, 4.69) is 0 Å². The van der Waals surface area contributed by atoms with Crippen LogP contribution < -0.4 is 5.43 Å². The molecule has 0 unspecified atom stereocenters. The van der Waals surface area contributed by atoms with Gasteiger partial charge in [-0.3, -0.25) is 4.79 Å². The Bertz CT molecular complexity index is 1380. The lowest BCUT2D eigenvalue weighted by atomic mass is 10.1. The van der Waals surface area contributed by atoms with Crippen LogP contribution in [0.5, 0.6) is 0 Å². The minimum Gasteiger partial charge on any atom is -0.464 e. The molecule has 0 saturated heterocycles. The highest BCUT2D eigenvalue weighted by Gasteiger charge is 2.26. The Morgan fingerprint density at radius 1 is 0.935 bits per heavy atom. The zero-order valence-electron chi connectivity index (χ0n) is 16.8. The number of fused-ring (bicyclic) bond motifs is 1. The third-order valence-corrected chi connectivity index (χ3v) is 6.81. The second-order valence-electron chi connectivity index (χ2n) is 7.30. The molecule has 158 valence electrons. The van der Waals surface area contributed by atoms with Crippen molar-refractivity contribution < 1.29 is 17.2 Å². The third kappa shape index (κ3) is 4.42. The highest BCUT2D eigenvalue weighted by molar-refractivity contribution is 7.89. The van der Waals surface area contributed by atoms with E-state index in [0.29, 0.717) is 11.0 Å². The number of halogens is 1. The van der Waals surface area contributed by atoms with Gasteiger partial charge in [0.2, 0.25) is 10.0 Å². The molecule has 0 fully saturated rings. The summed E-state index contributed by atoms with van der Waals surface area (Å²) in [5.74, 6) is -0.529. The highest BCUT2D eigenvalue weighted by atomic mass is 32.2. The lowest BCUT2D eigenvalue weighted by Gasteiger charge is -2.22. The fourth-order valence-corrected chi connectivity index (χ4v) is 4.76. The van der Waals surface area contributed by atoms with Gasteiger partial charge < -0.3 is 4.42 Å². The Labute approximate surface area is 179 Å². The van der Waals surface area contributed by atoms with Gasteiger partial charge in [0.1, 0.15) is 11.4 Å². The summed E-state index contributed by atoms with van der Waals surface area (Å²) in [6.07, 6.45) is 1.30. The van der Waals surface area contributed by atoms with E-state index in [0.717, 1.165) is 23.3 Å². The molecule has 31 heavy (non-hydrogen) atoms. The number of hydrogen-bond acceptors (Lipinski definition) is 4. The Balaban J connectivity index is 1.78. The van der Waals surface area contributed by atoms with Crippen molar-refractivity contribution in [1.29, 1.82) is 0 Å². The van der Waals surface area contributed by atoms with Crippen molar-refractivity contribution in [1.82, 2.24) is 4.31 Å². The van der Waals surface area contributed by atoms with Gasteiger partial charge in [-0.1, -0.05) is 42.0 Å². The molecule has 0 radical (unpaired) electrons. The van der Waals surface area contributed by atoms with Crippen molar-refractivity contribution in [2.75, 3.05) is 0 Å². The summed E-state index contributed by atoms with van der Waals surface area (Å²) in [5, 5.41) is 0.399. The van der Waals surface area contributed by atoms with Gasteiger partial charge in [-0.05, 0) is 48.9 Å². The molecule has 0 spiro atoms. The van der Waals surface area contributed by atoms with E-state index in [1.54, 1.807) is 24.3 Å². The summed E-state index contributed by atoms with van der Waals surface area (Å²) in [6.45, 7) is 1.74. The van der Waals surface area contributed by atoms with Gasteiger partial charge in [-0.2, -0.15) is 4.31 Å². The lowest BCUT2D eigenvalue weighted by Crippen LogP contribution is -2.32. The number of sulfonamides is 1. The molecule has 7 heteroatoms. The third-order valence-electron chi connectivity index (χ3n) is 5.00. The van der Waals surface area contributed by atoms with Crippen molar-refractivity contribution in [3.05, 3.63) is 112 Å². The van der Waals surface area contributed by atoms with Crippen LogP contribution in [-0.4, -0.2) is 12.7 Å². The predicted octanol–water partition coefficient (Wildman–Crippen LogP) is 4.63. The average molecular weight is 437 g/mol. The molecule has 0 aliphatic rings. The molecule has 0 aliphatic heterocycles. The smallest absolute Gasteiger partial charge is 0.243 e. The first-order chi connectivity index (χ1) is 14.8. The zero-order valence-corrected chi connectivity index (χ0v) is 17.6. The summed E-state index contributed by atoms with van der Waals surface area (Å²) in [6, 6.07) is 19.0. The van der Waals surface area contributed by atoms with Crippen LogP contribution in [-0.2, 0) is 23.1 Å². The molecule has 0 aliphatic carbocycles. The Morgan fingerprint density at radius 2 is 1.65 bits per heavy atom. The number of nitrogens with zero attached hydrogens (tertiary/aromatic N) is 1. The molecule has 0 saturated carbocycles. The second kappa shape index (κ2) is 8.45. The molecule has 5 nitrogen and oxygen atoms in total. The normalized spacial score (nSPS) is 11.8. The maximum absolute atomic E-state index is 13.4. The van der Waals surface area contributed by atoms with E-state index in [4.69, 9.17) is 4.42 Å². The van der Waals surface area contributed by atoms with E-state index < -0.39 is 15.8 Å². The van der Waals surface area contributed by atoms with Crippen molar-refractivity contribution in [2.45, 2.75) is 24.9 Å². The summed E-state index contributed by atoms with van der Waals surface area (Å²) in [4.78, 5) is 13.0. The quantitative estimate of drug-likeness (QED) is 0.441. The molecular weight excluding hydrogens is 417 g/mol. The first-order valence-corrected chi connectivity index (χ1v) is 11.1. The lowest BCUT2D eigenvalue weighted by molar-refractivity contribution is 0.396. The largest absolute Gasteiger partial charge is 0.464 e. The molecular formula is C24H20FNO4S. The Kier molecular flexibility index (Phi) is 5.71. The topological polar surface area (TPSA) is 67.6 Å². The predicted molar refractivity (Wildman–Crippen MR) is 116 cm³/mol. The molecule has 3 aromatic carbocycles. The minimum atomic E-state index is -4.01. The number of hydrogen-bond donors (Lipinski definition) is 0. The van der Waals surface area contributed by atoms with Crippen LogP contribution >= 0.6 is 0 Å². The highest BCUT2D eigenvalue weighted by Crippen LogP contribution is 2.22. The van der Waals surface area contributed by atoms with Crippen LogP contribution in [0.2, 0.25) is 0 Å². The fraction of sp³-hybridized carbons (Fsp3) is 0.125. The van der Waals surface area contributed by atoms with E-state index in [1.807, 2.05) is 31.2 Å². The summed E-state index contributed by atoms with van der Waals surface area (Å²) in [5.41, 5.74) is 2.04. The molecule has 0 bridgehead atoms. The minimum absolute atomic E-state index is 0.0475. The standard InChI is InChI=1S/C24H20FNO4S/c1-17-7-12-23-22(13-17)24(27)19(16-30-23)15-26(14-18-5-3-2-4-6-18)31(28,29)21-10-8-20(25)9-11-21/h2-13,16H,14-15H2,1H3. The van der Waals surface area contributed by atoms with Crippen molar-refractivity contribution in [3.63, 3.8) is 0 Å². The summed E-state index contributed by atoms with van der Waals surface area (Å²) >= 11 is 0. The van der Waals surface area contributed by atoms with E-state index in [9.17, 15) is 17.6 Å². The summed E-state index contributed by atoms with van der Waals surface area (Å²) < 4.78 is 46.8. The van der Waals surface area contributed by atoms with Gasteiger partial charge in [0.05, 0.1) is 22.1 Å². The van der Waals surface area contributed by atoms with Gasteiger partial charge >= 0.3 is 0 Å². The van der Waals surface area contributed by atoms with E-state index in [1.165, 1.54) is 22.7 Å². The van der Waals surface area contributed by atoms with Gasteiger partial charge in [0.15, 0.2) is 5.43 Å². The molecule has 1 aromatic heterocycles. The Hall–Kier alpha value is -3.29. The van der Waals surface area contributed by atoms with Gasteiger partial charge in [-0.15, -0.1) is 0 Å². The number of benzene rings is 3. The van der Waals surface area contributed by atoms with Gasteiger partial charge in [-0.25, -0.2) is 12.8 Å². The Morgan fingerprint density at radius 3 is 2.35 bits per heavy atom. The molecule has 4 aromatic rings. The van der Waals surface area contributed by atoms with Gasteiger partial charge in [0.25, 0.3) is 0 Å². The van der Waals surface area contributed by atoms with Gasteiger partial charge in [0, 0.05) is 13.1 Å². The van der Waals surface area contributed by atoms with Crippen molar-refractivity contribution in [2.24, 2.45) is 0 Å². The first-order valence-electron chi connectivity index (χ1n) is 9.65. The maximum Gasteiger partial charge on any atom is 0.243 e. The molecule has 0 N–H and O–H groups in total. The van der Waals surface area contributed by atoms with Crippen LogP contribution in [0.3, 0.4) is 0 Å². The van der Waals surface area contributed by atoms with Crippen molar-refractivity contribution >= 4 is 21.0 Å². The average Bonchev–Trinajstić information content (AvgIpc) is 2.76. The van der Waals surface area contributed by atoms with Crippen LogP contribution in [0, 0.1) is 12.7 Å².